The van der Waals surface area contributed by atoms with Crippen LogP contribution in [0.15, 0.2) is 0 Å². The maximum atomic E-state index is 4.33. The van der Waals surface area contributed by atoms with Crippen LogP contribution < -0.4 is 10.6 Å². The van der Waals surface area contributed by atoms with Crippen molar-refractivity contribution in [3.8, 4) is 0 Å². The molecule has 0 fully saturated rings. The molecule has 0 bridgehead atoms. The van der Waals surface area contributed by atoms with Crippen LogP contribution in [0.4, 0.5) is 0 Å². The van der Waals surface area contributed by atoms with Gasteiger partial charge in [-0.1, -0.05) is 0 Å². The Morgan fingerprint density at radius 2 is 1.77 bits per heavy atom. The molecule has 0 aliphatic rings. The van der Waals surface area contributed by atoms with E-state index in [-0.39, 0.29) is 0 Å². The Morgan fingerprint density at radius 1 is 1.08 bits per heavy atom. The molecule has 2 atom stereocenters. The van der Waals surface area contributed by atoms with Crippen LogP contribution >= 0.6 is 25.3 Å². The molecule has 80 valence electrons. The van der Waals surface area contributed by atoms with Crippen LogP contribution in [0.25, 0.3) is 0 Å². The van der Waals surface area contributed by atoms with Crippen molar-refractivity contribution in [1.82, 2.24) is 10.6 Å². The molecule has 0 rings (SSSR count). The fourth-order valence-electron chi connectivity index (χ4n) is 1.31. The van der Waals surface area contributed by atoms with Crippen LogP contribution in [0.1, 0.15) is 12.8 Å². The lowest BCUT2D eigenvalue weighted by Crippen LogP contribution is -2.29. The van der Waals surface area contributed by atoms with Crippen molar-refractivity contribution in [1.29, 1.82) is 0 Å². The van der Waals surface area contributed by atoms with Crippen molar-refractivity contribution in [3.63, 3.8) is 0 Å². The Morgan fingerprint density at radius 3 is 2.15 bits per heavy atom. The lowest BCUT2D eigenvalue weighted by atomic mass is 10.0. The zero-order valence-electron chi connectivity index (χ0n) is 8.58. The van der Waals surface area contributed by atoms with Gasteiger partial charge in [-0.05, 0) is 45.2 Å². The Bertz CT molecular complexity index is 108. The molecule has 0 saturated heterocycles. The molecule has 0 aliphatic heterocycles. The molecule has 0 aromatic rings. The van der Waals surface area contributed by atoms with E-state index in [4.69, 9.17) is 0 Å². The van der Waals surface area contributed by atoms with Crippen LogP contribution in [0, 0.1) is 5.92 Å². The molecule has 0 heterocycles. The summed E-state index contributed by atoms with van der Waals surface area (Å²) in [4.78, 5) is 0. The van der Waals surface area contributed by atoms with E-state index in [2.05, 4.69) is 35.9 Å². The topological polar surface area (TPSA) is 24.1 Å². The van der Waals surface area contributed by atoms with Gasteiger partial charge in [-0.25, -0.2) is 0 Å². The van der Waals surface area contributed by atoms with E-state index in [0.29, 0.717) is 12.0 Å². The van der Waals surface area contributed by atoms with Gasteiger partial charge in [0.05, 0.1) is 0 Å². The van der Waals surface area contributed by atoms with Crippen LogP contribution in [-0.2, 0) is 0 Å². The van der Waals surface area contributed by atoms with E-state index < -0.39 is 0 Å². The molecule has 13 heavy (non-hydrogen) atoms. The lowest BCUT2D eigenvalue weighted by Gasteiger charge is -2.18. The Kier molecular flexibility index (Phi) is 9.62. The van der Waals surface area contributed by atoms with Gasteiger partial charge >= 0.3 is 0 Å². The first-order valence-corrected chi connectivity index (χ1v) is 6.08. The van der Waals surface area contributed by atoms with Gasteiger partial charge in [-0.15, -0.1) is 0 Å². The molecule has 0 spiro atoms. The second-order valence-corrected chi connectivity index (χ2v) is 4.08. The third-order valence-corrected chi connectivity index (χ3v) is 3.26. The van der Waals surface area contributed by atoms with E-state index in [0.717, 1.165) is 18.1 Å². The molecule has 0 aromatic carbocycles. The summed E-state index contributed by atoms with van der Waals surface area (Å²) in [6.07, 6.45) is 2.41. The summed E-state index contributed by atoms with van der Waals surface area (Å²) in [5.41, 5.74) is 0. The summed E-state index contributed by atoms with van der Waals surface area (Å²) in [6, 6.07) is 0.544. The summed E-state index contributed by atoms with van der Waals surface area (Å²) < 4.78 is 0. The largest absolute Gasteiger partial charge is 0.319 e. The second kappa shape index (κ2) is 9.19. The van der Waals surface area contributed by atoms with Gasteiger partial charge in [0.1, 0.15) is 0 Å². The summed E-state index contributed by atoms with van der Waals surface area (Å²) in [5, 5.41) is 6.44. The Balaban J connectivity index is 3.56. The monoisotopic (exact) mass is 222 g/mol. The van der Waals surface area contributed by atoms with E-state index >= 15 is 0 Å². The number of nitrogens with one attached hydrogen (secondary N) is 2. The number of hydrogen-bond acceptors (Lipinski definition) is 4. The molecular formula is C9H22N2S2. The minimum atomic E-state index is 0.544. The van der Waals surface area contributed by atoms with Crippen molar-refractivity contribution in [2.45, 2.75) is 18.9 Å². The summed E-state index contributed by atoms with van der Waals surface area (Å²) in [6.45, 7) is 1.06. The normalized spacial score (nSPS) is 15.7. The highest BCUT2D eigenvalue weighted by molar-refractivity contribution is 7.80. The lowest BCUT2D eigenvalue weighted by molar-refractivity contribution is 0.448. The number of thiol groups is 2. The summed E-state index contributed by atoms with van der Waals surface area (Å²) in [7, 11) is 3.99. The van der Waals surface area contributed by atoms with E-state index in [1.165, 1.54) is 12.8 Å². The predicted molar refractivity (Wildman–Crippen MR) is 67.2 cm³/mol. The van der Waals surface area contributed by atoms with Crippen molar-refractivity contribution in [3.05, 3.63) is 0 Å². The summed E-state index contributed by atoms with van der Waals surface area (Å²) >= 11 is 8.61. The standard InChI is InChI=1S/C9H22N2S2/c1-10-5-8(6-12)3-4-9(7-13)11-2/h8-13H,3-7H2,1-2H3/t8-,9+/m1/s1. The second-order valence-electron chi connectivity index (χ2n) is 3.35. The van der Waals surface area contributed by atoms with Gasteiger partial charge in [0.15, 0.2) is 0 Å². The minimum Gasteiger partial charge on any atom is -0.319 e. The highest BCUT2D eigenvalue weighted by atomic mass is 32.1. The number of rotatable bonds is 8. The first-order valence-electron chi connectivity index (χ1n) is 4.82. The molecule has 2 N–H and O–H groups in total. The van der Waals surface area contributed by atoms with E-state index in [1.807, 2.05) is 14.1 Å². The molecular weight excluding hydrogens is 200 g/mol. The van der Waals surface area contributed by atoms with Crippen LogP contribution in [0.3, 0.4) is 0 Å². The van der Waals surface area contributed by atoms with Crippen LogP contribution in [0.2, 0.25) is 0 Å². The molecule has 0 radical (unpaired) electrons. The first kappa shape index (κ1) is 13.6. The Hall–Kier alpha value is 0.620. The zero-order valence-corrected chi connectivity index (χ0v) is 10.4. The highest BCUT2D eigenvalue weighted by Gasteiger charge is 2.09. The average Bonchev–Trinajstić information content (AvgIpc) is 2.17. The van der Waals surface area contributed by atoms with E-state index in [9.17, 15) is 0 Å². The van der Waals surface area contributed by atoms with Crippen molar-refractivity contribution in [2.24, 2.45) is 5.92 Å². The van der Waals surface area contributed by atoms with Gasteiger partial charge in [-0.3, -0.25) is 0 Å². The van der Waals surface area contributed by atoms with Gasteiger partial charge in [-0.2, -0.15) is 25.3 Å². The van der Waals surface area contributed by atoms with Crippen molar-refractivity contribution in [2.75, 3.05) is 32.1 Å². The van der Waals surface area contributed by atoms with Crippen molar-refractivity contribution >= 4 is 25.3 Å². The van der Waals surface area contributed by atoms with E-state index in [1.54, 1.807) is 0 Å². The fraction of sp³-hybridized carbons (Fsp3) is 1.00. The maximum Gasteiger partial charge on any atom is 0.0152 e. The Labute approximate surface area is 93.1 Å². The number of hydrogen-bond donors (Lipinski definition) is 4. The molecule has 0 amide bonds. The molecule has 2 nitrogen and oxygen atoms in total. The van der Waals surface area contributed by atoms with Crippen LogP contribution in [0.5, 0.6) is 0 Å². The van der Waals surface area contributed by atoms with Gasteiger partial charge in [0.25, 0.3) is 0 Å². The minimum absolute atomic E-state index is 0.544. The zero-order chi connectivity index (χ0) is 10.1. The molecule has 4 heteroatoms. The predicted octanol–water partition coefficient (Wildman–Crippen LogP) is 1.05. The SMILES string of the molecule is CNC[C@H](CS)CC[C@@H](CS)NC. The van der Waals surface area contributed by atoms with Crippen molar-refractivity contribution < 1.29 is 0 Å². The van der Waals surface area contributed by atoms with Crippen LogP contribution in [-0.4, -0.2) is 38.2 Å². The van der Waals surface area contributed by atoms with Gasteiger partial charge < -0.3 is 10.6 Å². The third-order valence-electron chi connectivity index (χ3n) is 2.30. The van der Waals surface area contributed by atoms with Gasteiger partial charge in [0.2, 0.25) is 0 Å². The smallest absolute Gasteiger partial charge is 0.0152 e. The highest BCUT2D eigenvalue weighted by Crippen LogP contribution is 2.10. The third kappa shape index (κ3) is 6.66. The molecule has 0 aliphatic carbocycles. The quantitative estimate of drug-likeness (QED) is 0.462. The summed E-state index contributed by atoms with van der Waals surface area (Å²) in [5.74, 6) is 2.56. The van der Waals surface area contributed by atoms with Gasteiger partial charge in [0, 0.05) is 11.8 Å². The maximum absolute atomic E-state index is 4.33. The molecule has 0 saturated carbocycles. The molecule has 0 unspecified atom stereocenters. The molecule has 0 aromatic heterocycles. The first-order chi connectivity index (χ1) is 6.28. The fourth-order valence-corrected chi connectivity index (χ4v) is 1.99. The average molecular weight is 222 g/mol.